The fourth-order valence-corrected chi connectivity index (χ4v) is 4.03. The molecule has 0 aromatic heterocycles. The number of hydrogen-bond acceptors (Lipinski definition) is 5. The second-order valence-electron chi connectivity index (χ2n) is 8.56. The second-order valence-corrected chi connectivity index (χ2v) is 8.56. The van der Waals surface area contributed by atoms with Gasteiger partial charge in [0.25, 0.3) is 0 Å². The van der Waals surface area contributed by atoms with E-state index in [2.05, 4.69) is 0 Å². The lowest BCUT2D eigenvalue weighted by molar-refractivity contribution is -0.150. The number of ether oxygens (including phenoxy) is 3. The molecule has 6 nitrogen and oxygen atoms in total. The Hall–Kier alpha value is -2.31. The molecule has 1 aliphatic heterocycles. The van der Waals surface area contributed by atoms with Crippen molar-refractivity contribution in [3.8, 4) is 5.75 Å². The Kier molecular flexibility index (Phi) is 5.82. The maximum Gasteiger partial charge on any atom is 0.410 e. The van der Waals surface area contributed by atoms with Crippen LogP contribution in [0.3, 0.4) is 0 Å². The Balaban J connectivity index is 1.55. The average Bonchev–Trinajstić information content (AvgIpc) is 3.15. The third-order valence-corrected chi connectivity index (χ3v) is 5.29. The standard InChI is InChI=1S/C21H28FNO5/c1-21(2,3)28-20(25)23-11-14-6-8-17(15(14)12-23)27-19(24)10-13-5-7-18(26-4)16(22)9-13/h5,7,9,14-15,17H,6,8,10-12H2,1-4H3/t14-,15+,17+/m0/s1. The smallest absolute Gasteiger partial charge is 0.410 e. The first-order valence-electron chi connectivity index (χ1n) is 9.66. The van der Waals surface area contributed by atoms with Crippen LogP contribution in [0.15, 0.2) is 18.2 Å². The van der Waals surface area contributed by atoms with Gasteiger partial charge in [-0.2, -0.15) is 0 Å². The summed E-state index contributed by atoms with van der Waals surface area (Å²) < 4.78 is 29.8. The summed E-state index contributed by atoms with van der Waals surface area (Å²) in [6, 6.07) is 4.44. The summed E-state index contributed by atoms with van der Waals surface area (Å²) in [6.07, 6.45) is 1.18. The topological polar surface area (TPSA) is 65.1 Å². The Morgan fingerprint density at radius 1 is 1.21 bits per heavy atom. The summed E-state index contributed by atoms with van der Waals surface area (Å²) in [7, 11) is 1.39. The number of carbonyl (C=O) groups excluding carboxylic acids is 2. The Morgan fingerprint density at radius 3 is 2.61 bits per heavy atom. The summed E-state index contributed by atoms with van der Waals surface area (Å²) in [5.74, 6) is -0.291. The fourth-order valence-electron chi connectivity index (χ4n) is 4.03. The van der Waals surface area contributed by atoms with E-state index in [1.165, 1.54) is 19.2 Å². The molecule has 154 valence electrons. The van der Waals surface area contributed by atoms with Gasteiger partial charge in [0.1, 0.15) is 11.7 Å². The van der Waals surface area contributed by atoms with Crippen LogP contribution in [0.5, 0.6) is 5.75 Å². The van der Waals surface area contributed by atoms with Crippen molar-refractivity contribution in [1.29, 1.82) is 0 Å². The first kappa shape index (κ1) is 20.4. The van der Waals surface area contributed by atoms with Gasteiger partial charge >= 0.3 is 12.1 Å². The van der Waals surface area contributed by atoms with Crippen molar-refractivity contribution >= 4 is 12.1 Å². The predicted octanol–water partition coefficient (Wildman–Crippen LogP) is 3.57. The highest BCUT2D eigenvalue weighted by atomic mass is 19.1. The van der Waals surface area contributed by atoms with Gasteiger partial charge in [0, 0.05) is 19.0 Å². The van der Waals surface area contributed by atoms with Crippen molar-refractivity contribution in [2.75, 3.05) is 20.2 Å². The number of rotatable bonds is 4. The molecule has 0 unspecified atom stereocenters. The normalized spacial score (nSPS) is 24.0. The number of benzene rings is 1. The van der Waals surface area contributed by atoms with Crippen LogP contribution in [0.2, 0.25) is 0 Å². The molecule has 0 bridgehead atoms. The van der Waals surface area contributed by atoms with Crippen molar-refractivity contribution in [2.45, 2.75) is 51.7 Å². The largest absolute Gasteiger partial charge is 0.494 e. The van der Waals surface area contributed by atoms with Crippen LogP contribution in [0, 0.1) is 17.7 Å². The summed E-state index contributed by atoms with van der Waals surface area (Å²) in [5, 5.41) is 0. The summed E-state index contributed by atoms with van der Waals surface area (Å²) in [6.45, 7) is 6.70. The van der Waals surface area contributed by atoms with Crippen LogP contribution in [-0.2, 0) is 20.7 Å². The number of likely N-dealkylation sites (tertiary alicyclic amines) is 1. The summed E-state index contributed by atoms with van der Waals surface area (Å²) >= 11 is 0. The van der Waals surface area contributed by atoms with Crippen LogP contribution in [0.25, 0.3) is 0 Å². The molecule has 3 rings (SSSR count). The molecule has 0 radical (unpaired) electrons. The van der Waals surface area contributed by atoms with Crippen molar-refractivity contribution in [2.24, 2.45) is 11.8 Å². The zero-order chi connectivity index (χ0) is 20.5. The van der Waals surface area contributed by atoms with E-state index in [-0.39, 0.29) is 36.3 Å². The van der Waals surface area contributed by atoms with E-state index in [0.29, 0.717) is 24.6 Å². The number of esters is 1. The van der Waals surface area contributed by atoms with Crippen LogP contribution in [0.4, 0.5) is 9.18 Å². The van der Waals surface area contributed by atoms with Gasteiger partial charge in [-0.3, -0.25) is 4.79 Å². The van der Waals surface area contributed by atoms with Crippen LogP contribution < -0.4 is 4.74 Å². The van der Waals surface area contributed by atoms with Gasteiger partial charge in [-0.15, -0.1) is 0 Å². The van der Waals surface area contributed by atoms with E-state index in [0.717, 1.165) is 12.8 Å². The minimum atomic E-state index is -0.533. The van der Waals surface area contributed by atoms with Gasteiger partial charge in [-0.25, -0.2) is 9.18 Å². The molecule has 3 atom stereocenters. The van der Waals surface area contributed by atoms with Crippen molar-refractivity contribution in [3.63, 3.8) is 0 Å². The van der Waals surface area contributed by atoms with Crippen LogP contribution in [0.1, 0.15) is 39.2 Å². The van der Waals surface area contributed by atoms with Crippen molar-refractivity contribution in [1.82, 2.24) is 4.90 Å². The highest BCUT2D eigenvalue weighted by Gasteiger charge is 2.46. The molecule has 7 heteroatoms. The number of carbonyl (C=O) groups is 2. The molecular formula is C21H28FNO5. The average molecular weight is 393 g/mol. The highest BCUT2D eigenvalue weighted by Crippen LogP contribution is 2.40. The molecule has 1 amide bonds. The van der Waals surface area contributed by atoms with Gasteiger partial charge in [-0.1, -0.05) is 6.07 Å². The van der Waals surface area contributed by atoms with E-state index < -0.39 is 11.4 Å². The third kappa shape index (κ3) is 4.75. The summed E-state index contributed by atoms with van der Waals surface area (Å²) in [4.78, 5) is 26.3. The fraction of sp³-hybridized carbons (Fsp3) is 0.619. The van der Waals surface area contributed by atoms with Gasteiger partial charge in [-0.05, 0) is 57.2 Å². The quantitative estimate of drug-likeness (QED) is 0.732. The number of hydrogen-bond donors (Lipinski definition) is 0. The number of methoxy groups -OCH3 is 1. The number of fused-ring (bicyclic) bond motifs is 1. The Bertz CT molecular complexity index is 745. The minimum Gasteiger partial charge on any atom is -0.494 e. The Morgan fingerprint density at radius 2 is 1.96 bits per heavy atom. The molecule has 1 aromatic carbocycles. The molecule has 1 aromatic rings. The third-order valence-electron chi connectivity index (χ3n) is 5.29. The molecule has 1 heterocycles. The maximum absolute atomic E-state index is 13.8. The zero-order valence-corrected chi connectivity index (χ0v) is 16.9. The highest BCUT2D eigenvalue weighted by molar-refractivity contribution is 5.73. The molecule has 0 N–H and O–H groups in total. The molecule has 2 aliphatic rings. The van der Waals surface area contributed by atoms with E-state index in [1.54, 1.807) is 11.0 Å². The lowest BCUT2D eigenvalue weighted by Gasteiger charge is -2.25. The lowest BCUT2D eigenvalue weighted by Crippen LogP contribution is -2.37. The first-order chi connectivity index (χ1) is 13.2. The predicted molar refractivity (Wildman–Crippen MR) is 101 cm³/mol. The summed E-state index contributed by atoms with van der Waals surface area (Å²) in [5.41, 5.74) is 0.00790. The Labute approximate surface area is 164 Å². The van der Waals surface area contributed by atoms with Gasteiger partial charge in [0.15, 0.2) is 11.6 Å². The van der Waals surface area contributed by atoms with E-state index in [9.17, 15) is 14.0 Å². The molecule has 1 saturated carbocycles. The maximum atomic E-state index is 13.8. The van der Waals surface area contributed by atoms with Gasteiger partial charge in [0.2, 0.25) is 0 Å². The number of amides is 1. The second kappa shape index (κ2) is 7.97. The number of halogens is 1. The minimum absolute atomic E-state index is 0.00454. The monoisotopic (exact) mass is 393 g/mol. The van der Waals surface area contributed by atoms with Crippen molar-refractivity contribution in [3.05, 3.63) is 29.6 Å². The van der Waals surface area contributed by atoms with Crippen LogP contribution >= 0.6 is 0 Å². The zero-order valence-electron chi connectivity index (χ0n) is 16.9. The molecule has 2 fully saturated rings. The molecule has 1 aliphatic carbocycles. The molecule has 0 spiro atoms. The molecule has 1 saturated heterocycles. The van der Waals surface area contributed by atoms with Gasteiger partial charge < -0.3 is 19.1 Å². The lowest BCUT2D eigenvalue weighted by atomic mass is 9.99. The van der Waals surface area contributed by atoms with Crippen LogP contribution in [-0.4, -0.2) is 48.9 Å². The SMILES string of the molecule is COc1ccc(CC(=O)O[C@@H]2CC[C@H]3CN(C(=O)OC(C)(C)C)C[C@H]32)cc1F. The van der Waals surface area contributed by atoms with E-state index >= 15 is 0 Å². The van der Waals surface area contributed by atoms with Gasteiger partial charge in [0.05, 0.1) is 13.5 Å². The van der Waals surface area contributed by atoms with Crippen molar-refractivity contribution < 1.29 is 28.2 Å². The molecular weight excluding hydrogens is 365 g/mol. The number of nitrogens with zero attached hydrogens (tertiary/aromatic N) is 1. The molecule has 28 heavy (non-hydrogen) atoms. The first-order valence-corrected chi connectivity index (χ1v) is 9.66. The van der Waals surface area contributed by atoms with E-state index in [1.807, 2.05) is 20.8 Å². The van der Waals surface area contributed by atoms with E-state index in [4.69, 9.17) is 14.2 Å².